The zero-order valence-corrected chi connectivity index (χ0v) is 10.6. The van der Waals surface area contributed by atoms with Crippen molar-refractivity contribution in [1.82, 2.24) is 10.6 Å². The second-order valence-electron chi connectivity index (χ2n) is 2.02. The van der Waals surface area contributed by atoms with Crippen molar-refractivity contribution in [3.8, 4) is 0 Å². The number of rotatable bonds is 2. The van der Waals surface area contributed by atoms with Crippen LogP contribution >= 0.6 is 0 Å². The third-order valence-electron chi connectivity index (χ3n) is 0.563. The molecule has 0 radical (unpaired) electrons. The molecule has 0 rings (SSSR count). The molecule has 0 aromatic carbocycles. The highest BCUT2D eigenvalue weighted by atomic mass is 32.3. The number of amides is 4. The Hall–Kier alpha value is -2.69. The number of urea groups is 2. The maximum Gasteiger partial charge on any atom is 0.394 e. The number of carbonyl (C=O) groups excluding carboxylic acids is 2. The highest BCUT2D eigenvalue weighted by Crippen LogP contribution is 1.59. The van der Waals surface area contributed by atoms with Crippen LogP contribution < -0.4 is 33.8 Å². The van der Waals surface area contributed by atoms with Gasteiger partial charge in [-0.05, 0) is 0 Å². The van der Waals surface area contributed by atoms with Crippen molar-refractivity contribution in [2.75, 3.05) is 0 Å². The summed E-state index contributed by atoms with van der Waals surface area (Å²) in [6.07, 6.45) is 2.00. The smallest absolute Gasteiger partial charge is 0.394 e. The van der Waals surface area contributed by atoms with Crippen LogP contribution in [0.25, 0.3) is 0 Å². The Morgan fingerprint density at radius 1 is 0.950 bits per heavy atom. The monoisotopic (exact) mass is 320 g/mol. The largest absolute Gasteiger partial charge is 0.412 e. The first-order valence-electron chi connectivity index (χ1n) is 3.79. The van der Waals surface area contributed by atoms with Crippen LogP contribution in [-0.4, -0.2) is 47.7 Å². The first kappa shape index (κ1) is 26.0. The summed E-state index contributed by atoms with van der Waals surface area (Å²) in [5, 5.41) is 9.91. The van der Waals surface area contributed by atoms with Crippen LogP contribution in [0.2, 0.25) is 0 Å². The standard InChI is InChI=1S/2C2H6N4O.H2O4S.H2O/c2*3-2(7)5-1-6-4;1-5(2,3)4;/h2*1H,4H2,(H3,3,5,6,7);(H2,1,2,3,4);1H2. The van der Waals surface area contributed by atoms with Crippen molar-refractivity contribution in [2.24, 2.45) is 33.4 Å². The van der Waals surface area contributed by atoms with Gasteiger partial charge < -0.3 is 28.6 Å². The second-order valence-corrected chi connectivity index (χ2v) is 2.92. The third kappa shape index (κ3) is 111. The van der Waals surface area contributed by atoms with E-state index in [1.165, 1.54) is 0 Å². The van der Waals surface area contributed by atoms with E-state index >= 15 is 0 Å². The topological polar surface area (TPSA) is 293 Å². The van der Waals surface area contributed by atoms with Crippen molar-refractivity contribution >= 4 is 35.1 Å². The van der Waals surface area contributed by atoms with E-state index in [1.54, 1.807) is 0 Å². The van der Waals surface area contributed by atoms with E-state index in [9.17, 15) is 9.59 Å². The molecular weight excluding hydrogens is 304 g/mol. The van der Waals surface area contributed by atoms with Crippen molar-refractivity contribution in [1.29, 1.82) is 0 Å². The molecule has 0 aromatic heterocycles. The molecule has 4 amide bonds. The molecule has 0 aliphatic heterocycles. The van der Waals surface area contributed by atoms with Crippen molar-refractivity contribution in [3.05, 3.63) is 0 Å². The Morgan fingerprint density at radius 3 is 1.20 bits per heavy atom. The Morgan fingerprint density at radius 2 is 1.15 bits per heavy atom. The molecule has 0 saturated carbocycles. The Kier molecular flexibility index (Phi) is 21.2. The molecule has 16 heteroatoms. The van der Waals surface area contributed by atoms with Crippen LogP contribution in [0.3, 0.4) is 0 Å². The Labute approximate surface area is 112 Å². The summed E-state index contributed by atoms with van der Waals surface area (Å²) < 4.78 is 31.6. The first-order valence-corrected chi connectivity index (χ1v) is 5.19. The van der Waals surface area contributed by atoms with Gasteiger partial charge >= 0.3 is 22.5 Å². The van der Waals surface area contributed by atoms with Gasteiger partial charge in [0.2, 0.25) is 0 Å². The van der Waals surface area contributed by atoms with Gasteiger partial charge in [0.25, 0.3) is 0 Å². The summed E-state index contributed by atoms with van der Waals surface area (Å²) in [6.45, 7) is 0. The maximum atomic E-state index is 9.72. The molecule has 0 aliphatic carbocycles. The highest BCUT2D eigenvalue weighted by Gasteiger charge is 1.84. The number of hydrogen-bond acceptors (Lipinski definition) is 8. The quantitative estimate of drug-likeness (QED) is 0.0805. The molecule has 0 fully saturated rings. The van der Waals surface area contributed by atoms with Gasteiger partial charge in [-0.1, -0.05) is 0 Å². The molecule has 0 spiro atoms. The minimum Gasteiger partial charge on any atom is -0.412 e. The van der Waals surface area contributed by atoms with Gasteiger partial charge in [-0.15, -0.1) is 0 Å². The lowest BCUT2D eigenvalue weighted by atomic mass is 11.0. The molecule has 0 heterocycles. The minimum absolute atomic E-state index is 0. The average Bonchev–Trinajstić information content (AvgIpc) is 2.22. The molecule has 15 nitrogen and oxygen atoms in total. The lowest BCUT2D eigenvalue weighted by Crippen LogP contribution is -2.28. The number of primary amides is 2. The van der Waals surface area contributed by atoms with Crippen LogP contribution in [0, 0.1) is 0 Å². The number of hydrazone groups is 2. The second kappa shape index (κ2) is 16.3. The van der Waals surface area contributed by atoms with Crippen LogP contribution in [0.5, 0.6) is 0 Å². The lowest BCUT2D eigenvalue weighted by Gasteiger charge is -1.84. The number of nitrogens with two attached hydrogens (primary N) is 4. The molecule has 0 saturated heterocycles. The number of hydrogen-bond donors (Lipinski definition) is 8. The zero-order valence-electron chi connectivity index (χ0n) is 9.79. The molecule has 0 unspecified atom stereocenters. The van der Waals surface area contributed by atoms with E-state index in [2.05, 4.69) is 33.4 Å². The zero-order chi connectivity index (χ0) is 15.9. The fourth-order valence-corrected chi connectivity index (χ4v) is 0.202. The summed E-state index contributed by atoms with van der Waals surface area (Å²) in [4.78, 5) is 19.4. The fourth-order valence-electron chi connectivity index (χ4n) is 0.202. The Balaban J connectivity index is -0.0000000952. The van der Waals surface area contributed by atoms with Gasteiger partial charge in [-0.25, -0.2) is 9.59 Å². The fraction of sp³-hybridized carbons (Fsp3) is 0. The van der Waals surface area contributed by atoms with Crippen LogP contribution in [0.4, 0.5) is 9.59 Å². The molecule has 14 N–H and O–H groups in total. The summed E-state index contributed by atoms with van der Waals surface area (Å²) in [5.41, 5.74) is 9.16. The molecule has 120 valence electrons. The average molecular weight is 320 g/mol. The molecule has 0 bridgehead atoms. The number of nitrogens with zero attached hydrogens (tertiary/aromatic N) is 2. The van der Waals surface area contributed by atoms with Crippen LogP contribution in [0.15, 0.2) is 10.2 Å². The highest BCUT2D eigenvalue weighted by molar-refractivity contribution is 7.79. The van der Waals surface area contributed by atoms with Gasteiger partial charge in [0.1, 0.15) is 12.7 Å². The summed E-state index contributed by atoms with van der Waals surface area (Å²) >= 11 is 0. The van der Waals surface area contributed by atoms with E-state index < -0.39 is 22.5 Å². The Bertz CT molecular complexity index is 373. The van der Waals surface area contributed by atoms with Gasteiger partial charge in [-0.2, -0.15) is 18.6 Å². The predicted octanol–water partition coefficient (Wildman–Crippen LogP) is -4.36. The lowest BCUT2D eigenvalue weighted by molar-refractivity contribution is 0.252. The molecule has 20 heavy (non-hydrogen) atoms. The summed E-state index contributed by atoms with van der Waals surface area (Å²) in [7, 11) is -4.67. The third-order valence-corrected chi connectivity index (χ3v) is 0.563. The predicted molar refractivity (Wildman–Crippen MR) is 68.6 cm³/mol. The van der Waals surface area contributed by atoms with Gasteiger partial charge in [0.15, 0.2) is 0 Å². The van der Waals surface area contributed by atoms with Gasteiger partial charge in [-0.3, -0.25) is 19.7 Å². The first-order chi connectivity index (χ1) is 8.54. The van der Waals surface area contributed by atoms with E-state index in [0.717, 1.165) is 12.7 Å². The van der Waals surface area contributed by atoms with E-state index in [4.69, 9.17) is 17.5 Å². The normalized spacial score (nSPS) is 9.30. The summed E-state index contributed by atoms with van der Waals surface area (Å²) in [5.74, 6) is 9.15. The SMILES string of the molecule is NN=CNC(N)=O.NN=CNC(N)=O.O.O=S(=O)(O)O. The van der Waals surface area contributed by atoms with Crippen LogP contribution in [0.1, 0.15) is 0 Å². The number of nitrogens with one attached hydrogen (secondary N) is 2. The molecule has 0 aliphatic rings. The van der Waals surface area contributed by atoms with Crippen molar-refractivity contribution < 1.29 is 32.6 Å². The van der Waals surface area contributed by atoms with E-state index in [0.29, 0.717) is 0 Å². The molecular formula is C4H16N8O7S. The maximum absolute atomic E-state index is 9.72. The van der Waals surface area contributed by atoms with Crippen molar-refractivity contribution in [3.63, 3.8) is 0 Å². The van der Waals surface area contributed by atoms with Crippen molar-refractivity contribution in [2.45, 2.75) is 0 Å². The molecule has 0 aromatic rings. The van der Waals surface area contributed by atoms with Crippen LogP contribution in [-0.2, 0) is 10.4 Å². The number of carbonyl (C=O) groups is 2. The summed E-state index contributed by atoms with van der Waals surface area (Å²) in [6, 6.07) is -1.34. The van der Waals surface area contributed by atoms with E-state index in [-0.39, 0.29) is 5.48 Å². The minimum atomic E-state index is -4.67. The van der Waals surface area contributed by atoms with E-state index in [1.807, 2.05) is 10.6 Å². The molecule has 0 atom stereocenters. The van der Waals surface area contributed by atoms with Gasteiger partial charge in [0.05, 0.1) is 0 Å². The van der Waals surface area contributed by atoms with Gasteiger partial charge in [0, 0.05) is 0 Å².